The first-order valence-electron chi connectivity index (χ1n) is 18.6. The third-order valence-corrected chi connectivity index (χ3v) is 10.2. The summed E-state index contributed by atoms with van der Waals surface area (Å²) in [7, 11) is 1.25. The molecule has 2 aliphatic heterocycles. The van der Waals surface area contributed by atoms with Crippen molar-refractivity contribution in [2.24, 2.45) is 5.92 Å². The zero-order valence-electron chi connectivity index (χ0n) is 31.8. The molecule has 2 unspecified atom stereocenters. The molecule has 16 heteroatoms. The molecular weight excluding hydrogens is 751 g/mol. The number of amides is 6. The van der Waals surface area contributed by atoms with Gasteiger partial charge in [-0.1, -0.05) is 54.6 Å². The molecule has 4 aromatic carbocycles. The molecule has 2 heterocycles. The van der Waals surface area contributed by atoms with Crippen LogP contribution in [0, 0.1) is 11.7 Å². The Kier molecular flexibility index (Phi) is 13.0. The van der Waals surface area contributed by atoms with Crippen molar-refractivity contribution >= 4 is 52.9 Å². The molecule has 0 spiro atoms. The first-order chi connectivity index (χ1) is 27.9. The Bertz CT molecular complexity index is 2160. The summed E-state index contributed by atoms with van der Waals surface area (Å²) in [4.78, 5) is 81.2. The molecule has 6 amide bonds. The van der Waals surface area contributed by atoms with Gasteiger partial charge in [0.25, 0.3) is 11.8 Å². The molecule has 3 atom stereocenters. The van der Waals surface area contributed by atoms with Crippen molar-refractivity contribution in [2.75, 3.05) is 36.2 Å². The average molecular weight is 795 g/mol. The van der Waals surface area contributed by atoms with Crippen LogP contribution in [-0.2, 0) is 37.0 Å². The van der Waals surface area contributed by atoms with Gasteiger partial charge < -0.3 is 35.4 Å². The maximum absolute atomic E-state index is 15.3. The number of fused-ring (bicyclic) bond motifs is 1. The number of nitrogens with zero attached hydrogens (tertiary/aromatic N) is 2. The standard InChI is InChI=1S/C42H43FN6O9/c1-25(48(2)42(55)56)37(50)47-35(27-18-20-57-21-19-27)40(53)49-23-29-10-6-7-11-32(29)36(49)39(52)46-34-22-28(12-17-33(34)43)38(51)44-30-13-15-31(16-14-30)45-41(54)58-24-26-8-4-3-5-9-26/h3-17,22,25,27,35-36H,18-21,23-24H2,1-2H3,(H,44,51)(H,45,54)(H,46,52)(H,47,50)(H,55,56)/t25?,35?,36-/m0/s1. The Balaban J connectivity index is 1.15. The van der Waals surface area contributed by atoms with Crippen molar-refractivity contribution in [2.45, 2.75) is 51.0 Å². The van der Waals surface area contributed by atoms with Gasteiger partial charge in [0.1, 0.15) is 30.5 Å². The van der Waals surface area contributed by atoms with Crippen LogP contribution in [0.15, 0.2) is 97.1 Å². The van der Waals surface area contributed by atoms with Gasteiger partial charge in [0, 0.05) is 43.7 Å². The van der Waals surface area contributed by atoms with E-state index in [4.69, 9.17) is 9.47 Å². The molecule has 58 heavy (non-hydrogen) atoms. The number of carbonyl (C=O) groups excluding carboxylic acids is 5. The molecule has 0 saturated carbocycles. The lowest BCUT2D eigenvalue weighted by Gasteiger charge is -2.35. The summed E-state index contributed by atoms with van der Waals surface area (Å²) in [6.45, 7) is 2.20. The number of carboxylic acid groups (broad SMARTS) is 1. The van der Waals surface area contributed by atoms with Crippen LogP contribution in [0.5, 0.6) is 0 Å². The molecule has 4 aromatic rings. The Morgan fingerprint density at radius 3 is 2.22 bits per heavy atom. The molecule has 1 fully saturated rings. The zero-order valence-corrected chi connectivity index (χ0v) is 31.8. The van der Waals surface area contributed by atoms with E-state index in [1.165, 1.54) is 31.0 Å². The average Bonchev–Trinajstić information content (AvgIpc) is 3.63. The summed E-state index contributed by atoms with van der Waals surface area (Å²) in [5.41, 5.74) is 2.51. The number of hydrogen-bond acceptors (Lipinski definition) is 8. The largest absolute Gasteiger partial charge is 0.465 e. The van der Waals surface area contributed by atoms with Gasteiger partial charge in [0.2, 0.25) is 11.8 Å². The fraction of sp³-hybridized carbons (Fsp3) is 0.286. The van der Waals surface area contributed by atoms with Gasteiger partial charge in [-0.3, -0.25) is 29.4 Å². The van der Waals surface area contributed by atoms with Crippen LogP contribution in [-0.4, -0.2) is 83.1 Å². The van der Waals surface area contributed by atoms with Crippen LogP contribution in [0.2, 0.25) is 0 Å². The zero-order chi connectivity index (χ0) is 41.3. The van der Waals surface area contributed by atoms with Gasteiger partial charge >= 0.3 is 12.2 Å². The number of hydrogen-bond donors (Lipinski definition) is 5. The molecule has 0 radical (unpaired) electrons. The fourth-order valence-electron chi connectivity index (χ4n) is 6.78. The maximum atomic E-state index is 15.3. The number of likely N-dealkylation sites (N-methyl/N-ethyl adjacent to an activating group) is 1. The molecule has 0 aromatic heterocycles. The highest BCUT2D eigenvalue weighted by molar-refractivity contribution is 6.06. The number of rotatable bonds is 12. The van der Waals surface area contributed by atoms with Crippen LogP contribution < -0.4 is 21.3 Å². The fourth-order valence-corrected chi connectivity index (χ4v) is 6.78. The second kappa shape index (κ2) is 18.4. The molecule has 1 saturated heterocycles. The van der Waals surface area contributed by atoms with Gasteiger partial charge in [0.05, 0.1) is 5.69 Å². The molecule has 5 N–H and O–H groups in total. The van der Waals surface area contributed by atoms with Crippen LogP contribution >= 0.6 is 0 Å². The lowest BCUT2D eigenvalue weighted by atomic mass is 9.90. The van der Waals surface area contributed by atoms with E-state index >= 15 is 4.39 Å². The van der Waals surface area contributed by atoms with E-state index in [1.54, 1.807) is 48.5 Å². The summed E-state index contributed by atoms with van der Waals surface area (Å²) in [6.07, 6.45) is -1.11. The predicted octanol–water partition coefficient (Wildman–Crippen LogP) is 5.76. The summed E-state index contributed by atoms with van der Waals surface area (Å²) in [5, 5.41) is 20.1. The van der Waals surface area contributed by atoms with E-state index < -0.39 is 59.8 Å². The smallest absolute Gasteiger partial charge is 0.411 e. The van der Waals surface area contributed by atoms with E-state index in [2.05, 4.69) is 21.3 Å². The van der Waals surface area contributed by atoms with E-state index in [-0.39, 0.29) is 30.3 Å². The predicted molar refractivity (Wildman–Crippen MR) is 210 cm³/mol. The minimum atomic E-state index is -1.32. The van der Waals surface area contributed by atoms with Gasteiger partial charge in [-0.2, -0.15) is 0 Å². The number of benzene rings is 4. The van der Waals surface area contributed by atoms with Crippen molar-refractivity contribution in [1.29, 1.82) is 0 Å². The molecule has 2 aliphatic rings. The Morgan fingerprint density at radius 2 is 1.53 bits per heavy atom. The Hall–Kier alpha value is -6.81. The number of ether oxygens (including phenoxy) is 2. The number of anilines is 3. The highest BCUT2D eigenvalue weighted by Crippen LogP contribution is 2.37. The third-order valence-electron chi connectivity index (χ3n) is 10.2. The van der Waals surface area contributed by atoms with Crippen molar-refractivity contribution in [3.05, 3.63) is 125 Å². The van der Waals surface area contributed by atoms with Crippen molar-refractivity contribution in [3.63, 3.8) is 0 Å². The SMILES string of the molecule is CC(C(=O)NC(C(=O)N1Cc2ccccc2[C@H]1C(=O)Nc1cc(C(=O)Nc2ccc(NC(=O)OCc3ccccc3)cc2)ccc1F)C1CCOCC1)N(C)C(=O)O. The highest BCUT2D eigenvalue weighted by Gasteiger charge is 2.44. The van der Waals surface area contributed by atoms with Crippen LogP contribution in [0.1, 0.15) is 52.9 Å². The van der Waals surface area contributed by atoms with Crippen LogP contribution in [0.4, 0.5) is 31.0 Å². The minimum Gasteiger partial charge on any atom is -0.465 e. The second-order valence-corrected chi connectivity index (χ2v) is 14.0. The van der Waals surface area contributed by atoms with Gasteiger partial charge in [-0.25, -0.2) is 14.0 Å². The topological polar surface area (TPSA) is 196 Å². The van der Waals surface area contributed by atoms with Crippen molar-refractivity contribution < 1.29 is 47.7 Å². The number of carbonyl (C=O) groups is 6. The number of nitrogens with one attached hydrogen (secondary N) is 4. The first-order valence-corrected chi connectivity index (χ1v) is 18.6. The normalized spacial score (nSPS) is 15.9. The van der Waals surface area contributed by atoms with Crippen molar-refractivity contribution in [3.8, 4) is 0 Å². The lowest BCUT2D eigenvalue weighted by molar-refractivity contribution is -0.144. The van der Waals surface area contributed by atoms with Gasteiger partial charge in [-0.05, 0) is 84.8 Å². The lowest BCUT2D eigenvalue weighted by Crippen LogP contribution is -2.57. The summed E-state index contributed by atoms with van der Waals surface area (Å²) >= 11 is 0. The summed E-state index contributed by atoms with van der Waals surface area (Å²) in [5.74, 6) is -3.82. The summed E-state index contributed by atoms with van der Waals surface area (Å²) < 4.78 is 26.0. The Morgan fingerprint density at radius 1 is 0.879 bits per heavy atom. The van der Waals surface area contributed by atoms with Gasteiger partial charge in [0.15, 0.2) is 0 Å². The highest BCUT2D eigenvalue weighted by atomic mass is 19.1. The quantitative estimate of drug-likeness (QED) is 0.119. The molecule has 15 nitrogen and oxygen atoms in total. The minimum absolute atomic E-state index is 0.0153. The maximum Gasteiger partial charge on any atom is 0.411 e. The van der Waals surface area contributed by atoms with Crippen molar-refractivity contribution in [1.82, 2.24) is 15.1 Å². The Labute approximate surface area is 333 Å². The van der Waals surface area contributed by atoms with Gasteiger partial charge in [-0.15, -0.1) is 0 Å². The van der Waals surface area contributed by atoms with Crippen LogP contribution in [0.25, 0.3) is 0 Å². The second-order valence-electron chi connectivity index (χ2n) is 14.0. The summed E-state index contributed by atoms with van der Waals surface area (Å²) in [6, 6.07) is 22.4. The van der Waals surface area contributed by atoms with E-state index in [9.17, 15) is 33.9 Å². The van der Waals surface area contributed by atoms with E-state index in [0.29, 0.717) is 48.6 Å². The molecule has 0 bridgehead atoms. The molecule has 302 valence electrons. The molecule has 6 rings (SSSR count). The molecular formula is C42H43FN6O9. The third kappa shape index (κ3) is 9.76. The molecule has 0 aliphatic carbocycles. The number of halogens is 1. The van der Waals surface area contributed by atoms with E-state index in [0.717, 1.165) is 16.5 Å². The van der Waals surface area contributed by atoms with Crippen LogP contribution in [0.3, 0.4) is 0 Å². The van der Waals surface area contributed by atoms with E-state index in [1.807, 2.05) is 30.3 Å². The monoisotopic (exact) mass is 794 g/mol. The first kappa shape index (κ1) is 40.8.